The maximum atomic E-state index is 13.1. The van der Waals surface area contributed by atoms with Gasteiger partial charge in [0.25, 0.3) is 10.0 Å². The monoisotopic (exact) mass is 559 g/mol. The molecular formula is C27H30ClN3O6S. The number of nitrogens with one attached hydrogen (secondary N) is 2. The van der Waals surface area contributed by atoms with E-state index in [-0.39, 0.29) is 10.7 Å². The van der Waals surface area contributed by atoms with Crippen LogP contribution in [0.2, 0.25) is 5.02 Å². The summed E-state index contributed by atoms with van der Waals surface area (Å²) in [4.78, 5) is 30.2. The van der Waals surface area contributed by atoms with Crippen LogP contribution in [0.5, 0.6) is 0 Å². The Hall–Kier alpha value is -3.63. The van der Waals surface area contributed by atoms with E-state index in [1.807, 2.05) is 0 Å². The SMILES string of the molecule is CC(C)OC(=O)C(C(=O)OC(C)C)[C@H](Nc1ccc(S(=O)(=O)Nc2ccccn2)cc1)c1ccc(Cl)cc1. The van der Waals surface area contributed by atoms with E-state index >= 15 is 0 Å². The molecule has 0 amide bonds. The Morgan fingerprint density at radius 2 is 1.42 bits per heavy atom. The molecule has 2 N–H and O–H groups in total. The first-order valence-electron chi connectivity index (χ1n) is 11.9. The first-order chi connectivity index (χ1) is 18.0. The summed E-state index contributed by atoms with van der Waals surface area (Å²) in [6.45, 7) is 6.74. The van der Waals surface area contributed by atoms with E-state index < -0.39 is 46.1 Å². The molecule has 1 heterocycles. The van der Waals surface area contributed by atoms with Gasteiger partial charge in [-0.25, -0.2) is 13.4 Å². The molecule has 2 aromatic carbocycles. The van der Waals surface area contributed by atoms with Gasteiger partial charge in [0.05, 0.1) is 23.1 Å². The molecule has 0 saturated heterocycles. The Kier molecular flexibility index (Phi) is 9.71. The molecule has 3 rings (SSSR count). The fourth-order valence-corrected chi connectivity index (χ4v) is 4.67. The number of anilines is 2. The lowest BCUT2D eigenvalue weighted by atomic mass is 9.92. The summed E-state index contributed by atoms with van der Waals surface area (Å²) >= 11 is 6.07. The van der Waals surface area contributed by atoms with Gasteiger partial charge in [-0.3, -0.25) is 14.3 Å². The number of ether oxygens (including phenoxy) is 2. The molecule has 3 aromatic rings. The van der Waals surface area contributed by atoms with Crippen LogP contribution in [0.4, 0.5) is 11.5 Å². The van der Waals surface area contributed by atoms with Crippen LogP contribution < -0.4 is 10.0 Å². The Bertz CT molecular complexity index is 1310. The molecule has 0 aliphatic heterocycles. The molecule has 202 valence electrons. The molecular weight excluding hydrogens is 530 g/mol. The summed E-state index contributed by atoms with van der Waals surface area (Å²) in [5, 5.41) is 3.66. The molecule has 0 spiro atoms. The molecule has 0 aliphatic carbocycles. The summed E-state index contributed by atoms with van der Waals surface area (Å²) < 4.78 is 38.8. The lowest BCUT2D eigenvalue weighted by Gasteiger charge is -2.28. The number of hydrogen-bond donors (Lipinski definition) is 2. The predicted octanol–water partition coefficient (Wildman–Crippen LogP) is 5.21. The highest BCUT2D eigenvalue weighted by molar-refractivity contribution is 7.92. The van der Waals surface area contributed by atoms with E-state index in [4.69, 9.17) is 21.1 Å². The second-order valence-electron chi connectivity index (χ2n) is 8.97. The highest BCUT2D eigenvalue weighted by Gasteiger charge is 2.39. The van der Waals surface area contributed by atoms with Crippen LogP contribution in [0.3, 0.4) is 0 Å². The van der Waals surface area contributed by atoms with Crippen LogP contribution >= 0.6 is 11.6 Å². The third-order valence-corrected chi connectivity index (χ3v) is 6.79. The number of sulfonamides is 1. The first-order valence-corrected chi connectivity index (χ1v) is 13.8. The molecule has 1 aromatic heterocycles. The van der Waals surface area contributed by atoms with E-state index in [9.17, 15) is 18.0 Å². The molecule has 0 aliphatic rings. The zero-order valence-electron chi connectivity index (χ0n) is 21.4. The van der Waals surface area contributed by atoms with Crippen molar-refractivity contribution in [3.63, 3.8) is 0 Å². The van der Waals surface area contributed by atoms with E-state index in [2.05, 4.69) is 15.0 Å². The smallest absolute Gasteiger partial charge is 0.323 e. The fraction of sp³-hybridized carbons (Fsp3) is 0.296. The van der Waals surface area contributed by atoms with Gasteiger partial charge in [-0.15, -0.1) is 0 Å². The van der Waals surface area contributed by atoms with Crippen molar-refractivity contribution in [2.24, 2.45) is 5.92 Å². The lowest BCUT2D eigenvalue weighted by Crippen LogP contribution is -2.38. The van der Waals surface area contributed by atoms with Crippen LogP contribution in [0, 0.1) is 5.92 Å². The second-order valence-corrected chi connectivity index (χ2v) is 11.1. The van der Waals surface area contributed by atoms with Crippen molar-refractivity contribution in [3.8, 4) is 0 Å². The van der Waals surface area contributed by atoms with Gasteiger partial charge in [0.1, 0.15) is 5.82 Å². The van der Waals surface area contributed by atoms with E-state index in [0.717, 1.165) is 0 Å². The van der Waals surface area contributed by atoms with Crippen LogP contribution in [-0.4, -0.2) is 37.5 Å². The fourth-order valence-electron chi connectivity index (χ4n) is 3.54. The third kappa shape index (κ3) is 7.93. The minimum atomic E-state index is -3.89. The molecule has 0 saturated carbocycles. The van der Waals surface area contributed by atoms with E-state index in [1.165, 1.54) is 36.5 Å². The number of nitrogens with zero attached hydrogens (tertiary/aromatic N) is 1. The molecule has 0 unspecified atom stereocenters. The number of carbonyl (C=O) groups excluding carboxylic acids is 2. The topological polar surface area (TPSA) is 124 Å². The first kappa shape index (κ1) is 28.9. The molecule has 11 heteroatoms. The van der Waals surface area contributed by atoms with Gasteiger partial charge in [0, 0.05) is 16.9 Å². The number of rotatable bonds is 11. The van der Waals surface area contributed by atoms with Crippen molar-refractivity contribution in [3.05, 3.63) is 83.5 Å². The highest BCUT2D eigenvalue weighted by atomic mass is 35.5. The van der Waals surface area contributed by atoms with Crippen molar-refractivity contribution in [2.45, 2.75) is 50.8 Å². The van der Waals surface area contributed by atoms with Crippen LogP contribution in [0.25, 0.3) is 0 Å². The van der Waals surface area contributed by atoms with Gasteiger partial charge in [-0.05, 0) is 81.8 Å². The third-order valence-electron chi connectivity index (χ3n) is 5.16. The predicted molar refractivity (Wildman–Crippen MR) is 145 cm³/mol. The molecule has 0 fully saturated rings. The minimum absolute atomic E-state index is 0.00623. The van der Waals surface area contributed by atoms with Gasteiger partial charge in [0.15, 0.2) is 5.92 Å². The Balaban J connectivity index is 1.95. The van der Waals surface area contributed by atoms with Gasteiger partial charge in [-0.2, -0.15) is 0 Å². The number of carbonyl (C=O) groups is 2. The van der Waals surface area contributed by atoms with Crippen molar-refractivity contribution >= 4 is 45.1 Å². The van der Waals surface area contributed by atoms with Crippen molar-refractivity contribution in [2.75, 3.05) is 10.0 Å². The van der Waals surface area contributed by atoms with Gasteiger partial charge in [-0.1, -0.05) is 29.8 Å². The number of esters is 2. The molecule has 0 radical (unpaired) electrons. The second kappa shape index (κ2) is 12.7. The summed E-state index contributed by atoms with van der Waals surface area (Å²) in [6.07, 6.45) is 0.560. The van der Waals surface area contributed by atoms with E-state index in [1.54, 1.807) is 64.1 Å². The van der Waals surface area contributed by atoms with Crippen LogP contribution in [0.15, 0.2) is 77.8 Å². The van der Waals surface area contributed by atoms with Gasteiger partial charge in [0.2, 0.25) is 0 Å². The number of hydrogen-bond acceptors (Lipinski definition) is 8. The normalized spacial score (nSPS) is 12.3. The summed E-state index contributed by atoms with van der Waals surface area (Å²) in [6, 6.07) is 16.5. The minimum Gasteiger partial charge on any atom is -0.462 e. The Morgan fingerprint density at radius 3 is 1.92 bits per heavy atom. The quantitative estimate of drug-likeness (QED) is 0.242. The zero-order valence-corrected chi connectivity index (χ0v) is 23.0. The Morgan fingerprint density at radius 1 is 0.842 bits per heavy atom. The molecule has 0 bridgehead atoms. The Labute approximate surface area is 227 Å². The van der Waals surface area contributed by atoms with Gasteiger partial charge < -0.3 is 14.8 Å². The van der Waals surface area contributed by atoms with Crippen molar-refractivity contribution in [1.82, 2.24) is 4.98 Å². The molecule has 1 atom stereocenters. The summed E-state index contributed by atoms with van der Waals surface area (Å²) in [5.41, 5.74) is 1.04. The van der Waals surface area contributed by atoms with Crippen LogP contribution in [-0.2, 0) is 29.1 Å². The number of benzene rings is 2. The number of aromatic nitrogens is 1. The highest BCUT2D eigenvalue weighted by Crippen LogP contribution is 2.31. The van der Waals surface area contributed by atoms with E-state index in [0.29, 0.717) is 16.3 Å². The maximum Gasteiger partial charge on any atom is 0.323 e. The van der Waals surface area contributed by atoms with Crippen molar-refractivity contribution in [1.29, 1.82) is 0 Å². The lowest BCUT2D eigenvalue weighted by molar-refractivity contribution is -0.167. The van der Waals surface area contributed by atoms with Gasteiger partial charge >= 0.3 is 11.9 Å². The van der Waals surface area contributed by atoms with Crippen LogP contribution in [0.1, 0.15) is 39.3 Å². The zero-order chi connectivity index (χ0) is 27.9. The molecule has 9 nitrogen and oxygen atoms in total. The number of halogens is 1. The largest absolute Gasteiger partial charge is 0.462 e. The molecule has 38 heavy (non-hydrogen) atoms. The maximum absolute atomic E-state index is 13.1. The summed E-state index contributed by atoms with van der Waals surface area (Å²) in [7, 11) is -3.89. The number of pyridine rings is 1. The average molecular weight is 560 g/mol. The summed E-state index contributed by atoms with van der Waals surface area (Å²) in [5.74, 6) is -2.67. The average Bonchev–Trinajstić information content (AvgIpc) is 2.84. The van der Waals surface area contributed by atoms with Crippen molar-refractivity contribution < 1.29 is 27.5 Å². The standard InChI is InChI=1S/C27H30ClN3O6S/c1-17(2)36-26(32)24(27(33)37-18(3)4)25(19-8-10-20(28)11-9-19)30-21-12-14-22(15-13-21)38(34,35)31-23-7-5-6-16-29-23/h5-18,24-25,30H,1-4H3,(H,29,31)/t25-/m1/s1.